The van der Waals surface area contributed by atoms with Crippen molar-refractivity contribution in [2.24, 2.45) is 5.73 Å². The number of aromatic nitrogens is 1. The summed E-state index contributed by atoms with van der Waals surface area (Å²) in [7, 11) is 0. The van der Waals surface area contributed by atoms with E-state index in [2.05, 4.69) is 9.88 Å². The summed E-state index contributed by atoms with van der Waals surface area (Å²) in [6.07, 6.45) is 0.222. The molecule has 0 radical (unpaired) electrons. The van der Waals surface area contributed by atoms with E-state index in [1.165, 1.54) is 0 Å². The molecule has 0 aliphatic carbocycles. The molecule has 130 valence electrons. The van der Waals surface area contributed by atoms with Gasteiger partial charge in [-0.25, -0.2) is 9.78 Å². The molecule has 2 aromatic heterocycles. The molecule has 24 heavy (non-hydrogen) atoms. The van der Waals surface area contributed by atoms with Gasteiger partial charge in [0.1, 0.15) is 22.1 Å². The van der Waals surface area contributed by atoms with Crippen LogP contribution in [0.4, 0.5) is 16.3 Å². The van der Waals surface area contributed by atoms with Gasteiger partial charge in [0.25, 0.3) is 0 Å². The minimum atomic E-state index is -0.920. The average molecular weight is 352 g/mol. The van der Waals surface area contributed by atoms with E-state index in [4.69, 9.17) is 20.9 Å². The molecule has 1 saturated heterocycles. The van der Waals surface area contributed by atoms with Crippen LogP contribution >= 0.6 is 11.3 Å². The first-order valence-corrected chi connectivity index (χ1v) is 8.57. The zero-order valence-electron chi connectivity index (χ0n) is 13.3. The Kier molecular flexibility index (Phi) is 4.63. The monoisotopic (exact) mass is 352 g/mol. The van der Waals surface area contributed by atoms with Crippen molar-refractivity contribution in [1.82, 2.24) is 4.98 Å². The zero-order valence-corrected chi connectivity index (χ0v) is 14.1. The fourth-order valence-electron chi connectivity index (χ4n) is 2.75. The molecule has 3 rings (SSSR count). The SMILES string of the molecule is CCOc1cc(N2CCC(O)CC2)nc2sc(OC(N)=O)c(N)c12. The van der Waals surface area contributed by atoms with Gasteiger partial charge in [-0.05, 0) is 19.8 Å². The van der Waals surface area contributed by atoms with Gasteiger partial charge in [-0.1, -0.05) is 11.3 Å². The lowest BCUT2D eigenvalue weighted by Gasteiger charge is -2.30. The molecule has 0 aromatic carbocycles. The van der Waals surface area contributed by atoms with Gasteiger partial charge in [0.05, 0.1) is 18.1 Å². The minimum absolute atomic E-state index is 0.220. The number of piperidine rings is 1. The van der Waals surface area contributed by atoms with E-state index in [9.17, 15) is 9.90 Å². The fraction of sp³-hybridized carbons (Fsp3) is 0.467. The van der Waals surface area contributed by atoms with E-state index in [-0.39, 0.29) is 11.2 Å². The molecule has 0 unspecified atom stereocenters. The Morgan fingerprint density at radius 3 is 2.83 bits per heavy atom. The van der Waals surface area contributed by atoms with Gasteiger partial charge < -0.3 is 30.9 Å². The molecular weight excluding hydrogens is 332 g/mol. The second kappa shape index (κ2) is 6.70. The Morgan fingerprint density at radius 2 is 2.21 bits per heavy atom. The van der Waals surface area contributed by atoms with E-state index >= 15 is 0 Å². The first-order valence-electron chi connectivity index (χ1n) is 7.75. The number of pyridine rings is 1. The number of primary amides is 1. The van der Waals surface area contributed by atoms with Crippen molar-refractivity contribution < 1.29 is 19.4 Å². The lowest BCUT2D eigenvalue weighted by Crippen LogP contribution is -2.36. The number of rotatable bonds is 4. The van der Waals surface area contributed by atoms with Crippen molar-refractivity contribution in [2.75, 3.05) is 30.3 Å². The highest BCUT2D eigenvalue weighted by Gasteiger charge is 2.23. The van der Waals surface area contributed by atoms with E-state index in [0.717, 1.165) is 30.2 Å². The highest BCUT2D eigenvalue weighted by atomic mass is 32.1. The second-order valence-electron chi connectivity index (χ2n) is 5.53. The molecule has 1 fully saturated rings. The normalized spacial score (nSPS) is 15.7. The number of carbonyl (C=O) groups excluding carboxylic acids is 1. The number of nitrogens with zero attached hydrogens (tertiary/aromatic N) is 2. The highest BCUT2D eigenvalue weighted by Crippen LogP contribution is 2.45. The maximum Gasteiger partial charge on any atom is 0.410 e. The highest BCUT2D eigenvalue weighted by molar-refractivity contribution is 7.21. The Balaban J connectivity index is 2.04. The molecule has 5 N–H and O–H groups in total. The summed E-state index contributed by atoms with van der Waals surface area (Å²) in [6, 6.07) is 1.83. The van der Waals surface area contributed by atoms with Crippen molar-refractivity contribution in [1.29, 1.82) is 0 Å². The van der Waals surface area contributed by atoms with Gasteiger partial charge >= 0.3 is 6.09 Å². The molecule has 0 spiro atoms. The third-order valence-electron chi connectivity index (χ3n) is 3.90. The summed E-state index contributed by atoms with van der Waals surface area (Å²) in [5.74, 6) is 1.35. The van der Waals surface area contributed by atoms with Crippen molar-refractivity contribution in [3.63, 3.8) is 0 Å². The average Bonchev–Trinajstić information content (AvgIpc) is 2.84. The molecular formula is C15H20N4O4S. The first-order chi connectivity index (χ1) is 11.5. The summed E-state index contributed by atoms with van der Waals surface area (Å²) in [6.45, 7) is 3.79. The van der Waals surface area contributed by atoms with Crippen LogP contribution in [0.2, 0.25) is 0 Å². The molecule has 2 aromatic rings. The van der Waals surface area contributed by atoms with Crippen LogP contribution in [0.3, 0.4) is 0 Å². The second-order valence-corrected chi connectivity index (χ2v) is 6.50. The standard InChI is InChI=1S/C15H20N4O4S/c1-2-22-9-7-10(19-5-3-8(20)4-6-19)18-13-11(9)12(16)14(24-13)23-15(17)21/h7-8,20H,2-6,16H2,1H3,(H2,17,21). The van der Waals surface area contributed by atoms with Crippen LogP contribution in [-0.4, -0.2) is 42.0 Å². The predicted molar refractivity (Wildman–Crippen MR) is 92.9 cm³/mol. The molecule has 9 heteroatoms. The molecule has 3 heterocycles. The summed E-state index contributed by atoms with van der Waals surface area (Å²) in [5, 5.41) is 10.5. The number of fused-ring (bicyclic) bond motifs is 1. The lowest BCUT2D eigenvalue weighted by atomic mass is 10.1. The van der Waals surface area contributed by atoms with E-state index in [0.29, 0.717) is 41.1 Å². The van der Waals surface area contributed by atoms with Gasteiger partial charge in [-0.15, -0.1) is 0 Å². The number of ether oxygens (including phenoxy) is 2. The Morgan fingerprint density at radius 1 is 1.50 bits per heavy atom. The number of nitrogen functional groups attached to an aromatic ring is 1. The lowest BCUT2D eigenvalue weighted by molar-refractivity contribution is 0.145. The van der Waals surface area contributed by atoms with Gasteiger partial charge in [0.2, 0.25) is 5.06 Å². The van der Waals surface area contributed by atoms with Crippen LogP contribution in [0.25, 0.3) is 10.2 Å². The summed E-state index contributed by atoms with van der Waals surface area (Å²) >= 11 is 1.16. The van der Waals surface area contributed by atoms with Crippen LogP contribution in [0.15, 0.2) is 6.07 Å². The molecule has 8 nitrogen and oxygen atoms in total. The number of anilines is 2. The summed E-state index contributed by atoms with van der Waals surface area (Å²) < 4.78 is 10.7. The molecule has 0 saturated carbocycles. The zero-order chi connectivity index (χ0) is 17.3. The smallest absolute Gasteiger partial charge is 0.410 e. The van der Waals surface area contributed by atoms with E-state index in [1.54, 1.807) is 0 Å². The van der Waals surface area contributed by atoms with Crippen molar-refractivity contribution in [2.45, 2.75) is 25.9 Å². The van der Waals surface area contributed by atoms with Gasteiger partial charge in [0, 0.05) is 19.2 Å². The van der Waals surface area contributed by atoms with Crippen LogP contribution in [0, 0.1) is 0 Å². The third-order valence-corrected chi connectivity index (χ3v) is 4.87. The van der Waals surface area contributed by atoms with Gasteiger partial charge in [-0.2, -0.15) is 0 Å². The van der Waals surface area contributed by atoms with Crippen molar-refractivity contribution in [3.05, 3.63) is 6.07 Å². The Labute approximate surface area is 143 Å². The summed E-state index contributed by atoms with van der Waals surface area (Å²) in [5.41, 5.74) is 11.5. The number of nitrogens with two attached hydrogens (primary N) is 2. The van der Waals surface area contributed by atoms with E-state index in [1.807, 2.05) is 13.0 Å². The number of amides is 1. The molecule has 1 amide bonds. The molecule has 1 aliphatic rings. The number of hydrogen-bond donors (Lipinski definition) is 3. The number of thiophene rings is 1. The number of aliphatic hydroxyl groups excluding tert-OH is 1. The van der Waals surface area contributed by atoms with Crippen LogP contribution in [-0.2, 0) is 0 Å². The quantitative estimate of drug-likeness (QED) is 0.765. The van der Waals surface area contributed by atoms with Gasteiger partial charge in [0.15, 0.2) is 0 Å². The van der Waals surface area contributed by atoms with Gasteiger partial charge in [-0.3, -0.25) is 0 Å². The van der Waals surface area contributed by atoms with Crippen LogP contribution in [0.1, 0.15) is 19.8 Å². The molecule has 1 aliphatic heterocycles. The van der Waals surface area contributed by atoms with Crippen LogP contribution < -0.4 is 25.8 Å². The Bertz CT molecular complexity index is 756. The topological polar surface area (TPSA) is 124 Å². The summed E-state index contributed by atoms with van der Waals surface area (Å²) in [4.78, 5) is 18.4. The largest absolute Gasteiger partial charge is 0.493 e. The van der Waals surface area contributed by atoms with Crippen molar-refractivity contribution in [3.8, 4) is 10.8 Å². The van der Waals surface area contributed by atoms with E-state index < -0.39 is 6.09 Å². The maximum absolute atomic E-state index is 11.0. The van der Waals surface area contributed by atoms with Crippen LogP contribution in [0.5, 0.6) is 10.8 Å². The minimum Gasteiger partial charge on any atom is -0.493 e. The first kappa shape index (κ1) is 16.6. The third kappa shape index (κ3) is 3.17. The molecule has 0 atom stereocenters. The van der Waals surface area contributed by atoms with Crippen molar-refractivity contribution >= 4 is 39.2 Å². The number of aliphatic hydroxyl groups is 1. The predicted octanol–water partition coefficient (Wildman–Crippen LogP) is 1.70. The molecule has 0 bridgehead atoms. The Hall–Kier alpha value is -2.26. The fourth-order valence-corrected chi connectivity index (χ4v) is 3.71. The number of carbonyl (C=O) groups is 1. The number of hydrogen-bond acceptors (Lipinski definition) is 8. The maximum atomic E-state index is 11.0.